The van der Waals surface area contributed by atoms with E-state index in [4.69, 9.17) is 5.73 Å². The van der Waals surface area contributed by atoms with E-state index in [1.54, 1.807) is 22.9 Å². The maximum atomic E-state index is 12.1. The Hall–Kier alpha value is -2.30. The Balaban J connectivity index is 2.06. The summed E-state index contributed by atoms with van der Waals surface area (Å²) < 4.78 is 1.77. The van der Waals surface area contributed by atoms with Crippen LogP contribution in [0.1, 0.15) is 34.1 Å². The highest BCUT2D eigenvalue weighted by Crippen LogP contribution is 2.13. The van der Waals surface area contributed by atoms with Crippen LogP contribution in [0.2, 0.25) is 0 Å². The van der Waals surface area contributed by atoms with Crippen molar-refractivity contribution in [2.75, 3.05) is 5.73 Å². The number of carbonyl (C=O) groups is 1. The van der Waals surface area contributed by atoms with Gasteiger partial charge >= 0.3 is 0 Å². The van der Waals surface area contributed by atoms with Crippen molar-refractivity contribution < 1.29 is 4.79 Å². The standard InChI is InChI=1S/C15H20N4O/c1-4-14-12(9-19(3)18-14)8-17-15(20)11-5-6-13(16)10(2)7-11/h5-7,9H,4,8,16H2,1-3H3,(H,17,20). The van der Waals surface area contributed by atoms with Crippen molar-refractivity contribution in [2.24, 2.45) is 7.05 Å². The van der Waals surface area contributed by atoms with Gasteiger partial charge in [0, 0.05) is 36.6 Å². The van der Waals surface area contributed by atoms with Crippen molar-refractivity contribution in [2.45, 2.75) is 26.8 Å². The van der Waals surface area contributed by atoms with E-state index in [0.717, 1.165) is 23.2 Å². The molecular weight excluding hydrogens is 252 g/mol. The molecule has 20 heavy (non-hydrogen) atoms. The number of aromatic nitrogens is 2. The normalized spacial score (nSPS) is 10.6. The van der Waals surface area contributed by atoms with Gasteiger partial charge in [-0.2, -0.15) is 5.10 Å². The lowest BCUT2D eigenvalue weighted by atomic mass is 10.1. The van der Waals surface area contributed by atoms with Crippen LogP contribution in [-0.2, 0) is 20.0 Å². The molecule has 3 N–H and O–H groups in total. The molecule has 1 heterocycles. The summed E-state index contributed by atoms with van der Waals surface area (Å²) in [7, 11) is 1.88. The van der Waals surface area contributed by atoms with Crippen molar-refractivity contribution in [1.29, 1.82) is 0 Å². The second-order valence-electron chi connectivity index (χ2n) is 4.88. The molecule has 0 saturated carbocycles. The lowest BCUT2D eigenvalue weighted by molar-refractivity contribution is 0.0951. The van der Waals surface area contributed by atoms with Gasteiger partial charge in [-0.05, 0) is 37.1 Å². The number of benzene rings is 1. The van der Waals surface area contributed by atoms with Crippen molar-refractivity contribution in [1.82, 2.24) is 15.1 Å². The van der Waals surface area contributed by atoms with E-state index in [2.05, 4.69) is 17.3 Å². The molecule has 0 fully saturated rings. The van der Waals surface area contributed by atoms with Crippen LogP contribution in [0, 0.1) is 6.92 Å². The fourth-order valence-corrected chi connectivity index (χ4v) is 2.12. The number of nitrogen functional groups attached to an aromatic ring is 1. The molecule has 1 aromatic heterocycles. The number of hydrogen-bond donors (Lipinski definition) is 2. The lowest BCUT2D eigenvalue weighted by Gasteiger charge is -2.07. The minimum Gasteiger partial charge on any atom is -0.399 e. The van der Waals surface area contributed by atoms with Gasteiger partial charge in [0.1, 0.15) is 0 Å². The molecule has 0 saturated heterocycles. The second kappa shape index (κ2) is 5.77. The Labute approximate surface area is 118 Å². The highest BCUT2D eigenvalue weighted by Gasteiger charge is 2.10. The van der Waals surface area contributed by atoms with Crippen LogP contribution in [0.25, 0.3) is 0 Å². The number of amides is 1. The van der Waals surface area contributed by atoms with Gasteiger partial charge in [-0.25, -0.2) is 0 Å². The Kier molecular flexibility index (Phi) is 4.08. The van der Waals surface area contributed by atoms with E-state index < -0.39 is 0 Å². The number of nitrogens with one attached hydrogen (secondary N) is 1. The minimum absolute atomic E-state index is 0.0981. The third kappa shape index (κ3) is 2.99. The molecule has 0 spiro atoms. The number of nitrogens with two attached hydrogens (primary N) is 1. The summed E-state index contributed by atoms with van der Waals surface area (Å²) in [6.07, 6.45) is 2.79. The predicted octanol–water partition coefficient (Wildman–Crippen LogP) is 1.80. The number of anilines is 1. The first kappa shape index (κ1) is 14.1. The van der Waals surface area contributed by atoms with Gasteiger partial charge in [-0.1, -0.05) is 6.92 Å². The van der Waals surface area contributed by atoms with Gasteiger partial charge in [0.15, 0.2) is 0 Å². The van der Waals surface area contributed by atoms with Gasteiger partial charge < -0.3 is 11.1 Å². The number of carbonyl (C=O) groups excluding carboxylic acids is 1. The molecule has 5 heteroatoms. The molecule has 2 aromatic rings. The topological polar surface area (TPSA) is 72.9 Å². The van der Waals surface area contributed by atoms with Gasteiger partial charge in [-0.15, -0.1) is 0 Å². The van der Waals surface area contributed by atoms with E-state index in [1.807, 2.05) is 20.2 Å². The third-order valence-electron chi connectivity index (χ3n) is 3.30. The van der Waals surface area contributed by atoms with Gasteiger partial charge in [0.2, 0.25) is 0 Å². The number of aryl methyl sites for hydroxylation is 3. The van der Waals surface area contributed by atoms with Crippen molar-refractivity contribution in [3.63, 3.8) is 0 Å². The first-order valence-corrected chi connectivity index (χ1v) is 6.67. The van der Waals surface area contributed by atoms with E-state index in [1.165, 1.54) is 0 Å². The Morgan fingerprint density at radius 1 is 1.45 bits per heavy atom. The maximum Gasteiger partial charge on any atom is 0.251 e. The molecule has 0 radical (unpaired) electrons. The molecular formula is C15H20N4O. The van der Waals surface area contributed by atoms with Crippen LogP contribution in [0.4, 0.5) is 5.69 Å². The van der Waals surface area contributed by atoms with Crippen molar-refractivity contribution in [3.05, 3.63) is 46.8 Å². The fourth-order valence-electron chi connectivity index (χ4n) is 2.12. The molecule has 0 bridgehead atoms. The Morgan fingerprint density at radius 3 is 2.85 bits per heavy atom. The van der Waals surface area contributed by atoms with Crippen LogP contribution >= 0.6 is 0 Å². The molecule has 0 unspecified atom stereocenters. The number of hydrogen-bond acceptors (Lipinski definition) is 3. The van der Waals surface area contributed by atoms with Crippen molar-refractivity contribution in [3.8, 4) is 0 Å². The summed E-state index contributed by atoms with van der Waals surface area (Å²) in [5.41, 5.74) is 10.0. The van der Waals surface area contributed by atoms with Crippen LogP contribution in [0.3, 0.4) is 0 Å². The van der Waals surface area contributed by atoms with Gasteiger partial charge in [0.05, 0.1) is 5.69 Å². The second-order valence-corrected chi connectivity index (χ2v) is 4.88. The molecule has 1 amide bonds. The van der Waals surface area contributed by atoms with E-state index in [9.17, 15) is 4.79 Å². The molecule has 0 aliphatic carbocycles. The zero-order valence-corrected chi connectivity index (χ0v) is 12.1. The number of nitrogens with zero attached hydrogens (tertiary/aromatic N) is 2. The predicted molar refractivity (Wildman–Crippen MR) is 79.3 cm³/mol. The lowest BCUT2D eigenvalue weighted by Crippen LogP contribution is -2.23. The summed E-state index contributed by atoms with van der Waals surface area (Å²) >= 11 is 0. The van der Waals surface area contributed by atoms with Crippen LogP contribution in [0.15, 0.2) is 24.4 Å². The van der Waals surface area contributed by atoms with E-state index >= 15 is 0 Å². The molecule has 0 aliphatic heterocycles. The summed E-state index contributed by atoms with van der Waals surface area (Å²) in [5.74, 6) is -0.0981. The Bertz CT molecular complexity index is 631. The van der Waals surface area contributed by atoms with Crippen molar-refractivity contribution >= 4 is 11.6 Å². The van der Waals surface area contributed by atoms with E-state index in [0.29, 0.717) is 17.8 Å². The fraction of sp³-hybridized carbons (Fsp3) is 0.333. The maximum absolute atomic E-state index is 12.1. The summed E-state index contributed by atoms with van der Waals surface area (Å²) in [6.45, 7) is 4.43. The zero-order valence-electron chi connectivity index (χ0n) is 12.1. The summed E-state index contributed by atoms with van der Waals surface area (Å²) in [5, 5.41) is 7.27. The minimum atomic E-state index is -0.0981. The highest BCUT2D eigenvalue weighted by atomic mass is 16.1. The first-order chi connectivity index (χ1) is 9.51. The Morgan fingerprint density at radius 2 is 2.20 bits per heavy atom. The summed E-state index contributed by atoms with van der Waals surface area (Å²) in [4.78, 5) is 12.1. The molecule has 0 atom stereocenters. The number of rotatable bonds is 4. The molecule has 1 aromatic carbocycles. The van der Waals surface area contributed by atoms with Crippen LogP contribution in [-0.4, -0.2) is 15.7 Å². The summed E-state index contributed by atoms with van der Waals surface area (Å²) in [6, 6.07) is 5.29. The van der Waals surface area contributed by atoms with Gasteiger partial charge in [-0.3, -0.25) is 9.48 Å². The zero-order chi connectivity index (χ0) is 14.7. The SMILES string of the molecule is CCc1nn(C)cc1CNC(=O)c1ccc(N)c(C)c1. The van der Waals surface area contributed by atoms with Gasteiger partial charge in [0.25, 0.3) is 5.91 Å². The van der Waals surface area contributed by atoms with Crippen LogP contribution < -0.4 is 11.1 Å². The highest BCUT2D eigenvalue weighted by molar-refractivity contribution is 5.94. The van der Waals surface area contributed by atoms with Crippen LogP contribution in [0.5, 0.6) is 0 Å². The molecule has 106 valence electrons. The molecule has 2 rings (SSSR count). The quantitative estimate of drug-likeness (QED) is 0.834. The third-order valence-corrected chi connectivity index (χ3v) is 3.30. The monoisotopic (exact) mass is 272 g/mol. The average Bonchev–Trinajstić information content (AvgIpc) is 2.79. The molecule has 5 nitrogen and oxygen atoms in total. The average molecular weight is 272 g/mol. The van der Waals surface area contributed by atoms with E-state index in [-0.39, 0.29) is 5.91 Å². The smallest absolute Gasteiger partial charge is 0.251 e. The molecule has 0 aliphatic rings. The first-order valence-electron chi connectivity index (χ1n) is 6.67. The largest absolute Gasteiger partial charge is 0.399 e.